The molecular weight excluding hydrogens is 437 g/mol. The molecule has 0 spiro atoms. The summed E-state index contributed by atoms with van der Waals surface area (Å²) in [5, 5.41) is 6.19. The molecule has 4 aromatic carbocycles. The smallest absolute Gasteiger partial charge is 0.410 e. The van der Waals surface area contributed by atoms with Gasteiger partial charge < -0.3 is 4.74 Å². The van der Waals surface area contributed by atoms with Crippen LogP contribution in [0.4, 0.5) is 4.79 Å². The molecule has 0 heterocycles. The van der Waals surface area contributed by atoms with Gasteiger partial charge in [0, 0.05) is 0 Å². The number of amides is 1. The Labute approximate surface area is 193 Å². The molecule has 0 atom stereocenters. The molecule has 0 unspecified atom stereocenters. The van der Waals surface area contributed by atoms with Gasteiger partial charge in [-0.3, -0.25) is 5.32 Å². The van der Waals surface area contributed by atoms with Crippen LogP contribution >= 0.6 is 18.9 Å². The van der Waals surface area contributed by atoms with Crippen molar-refractivity contribution in [1.29, 1.82) is 0 Å². The van der Waals surface area contributed by atoms with Gasteiger partial charge in [0.1, 0.15) is 21.7 Å². The van der Waals surface area contributed by atoms with Crippen LogP contribution in [-0.4, -0.2) is 6.09 Å². The summed E-state index contributed by atoms with van der Waals surface area (Å²) in [6, 6.07) is 39.4. The van der Waals surface area contributed by atoms with Crippen LogP contribution in [0.1, 0.15) is 0 Å². The van der Waals surface area contributed by atoms with Gasteiger partial charge in [0.2, 0.25) is 0 Å². The number of nitrogens with one attached hydrogen (secondary N) is 1. The summed E-state index contributed by atoms with van der Waals surface area (Å²) in [4.78, 5) is 12.9. The number of benzene rings is 4. The lowest BCUT2D eigenvalue weighted by molar-refractivity contribution is 0.204. The van der Waals surface area contributed by atoms with Crippen LogP contribution in [0.25, 0.3) is 0 Å². The standard InChI is InChI=1S/C27H21ClNO2P/c28-21-26(29-27(30)31-22-13-5-1-6-14-22)32(23-15-7-2-8-16-23,24-17-9-3-10-18-24)25-19-11-4-12-20-25/h1-21H/p+1. The van der Waals surface area contributed by atoms with E-state index < -0.39 is 13.4 Å². The van der Waals surface area contributed by atoms with E-state index in [2.05, 4.69) is 41.7 Å². The summed E-state index contributed by atoms with van der Waals surface area (Å²) < 4.78 is 5.52. The fourth-order valence-electron chi connectivity index (χ4n) is 3.73. The Morgan fingerprint density at radius 1 is 0.656 bits per heavy atom. The first-order valence-corrected chi connectivity index (χ1v) is 12.4. The van der Waals surface area contributed by atoms with Crippen molar-refractivity contribution in [2.24, 2.45) is 0 Å². The fourth-order valence-corrected chi connectivity index (χ4v) is 8.22. The van der Waals surface area contributed by atoms with E-state index in [4.69, 9.17) is 16.3 Å². The van der Waals surface area contributed by atoms with Crippen molar-refractivity contribution in [3.8, 4) is 5.75 Å². The maximum atomic E-state index is 12.9. The lowest BCUT2D eigenvalue weighted by atomic mass is 10.3. The van der Waals surface area contributed by atoms with Crippen molar-refractivity contribution in [2.45, 2.75) is 0 Å². The van der Waals surface area contributed by atoms with Crippen LogP contribution in [0.5, 0.6) is 5.75 Å². The Bertz CT molecular complexity index is 1090. The Morgan fingerprint density at radius 3 is 1.41 bits per heavy atom. The molecule has 4 rings (SSSR count). The molecule has 0 aromatic heterocycles. The van der Waals surface area contributed by atoms with E-state index in [0.29, 0.717) is 11.2 Å². The third-order valence-electron chi connectivity index (χ3n) is 5.08. The maximum absolute atomic E-state index is 12.9. The molecule has 0 radical (unpaired) electrons. The molecule has 0 aliphatic rings. The second kappa shape index (κ2) is 10.3. The van der Waals surface area contributed by atoms with Crippen LogP contribution in [0, 0.1) is 0 Å². The minimum absolute atomic E-state index is 0.460. The van der Waals surface area contributed by atoms with Crippen molar-refractivity contribution >= 4 is 40.9 Å². The SMILES string of the molecule is O=C(NC(=CCl)[P+](c1ccccc1)(c1ccccc1)c1ccccc1)Oc1ccccc1. The molecule has 0 bridgehead atoms. The number of carbonyl (C=O) groups is 1. The monoisotopic (exact) mass is 458 g/mol. The van der Waals surface area contributed by atoms with Gasteiger partial charge in [0.15, 0.2) is 12.7 Å². The number of hydrogen-bond acceptors (Lipinski definition) is 2. The van der Waals surface area contributed by atoms with E-state index in [-0.39, 0.29) is 0 Å². The van der Waals surface area contributed by atoms with Crippen molar-refractivity contribution in [3.63, 3.8) is 0 Å². The molecule has 4 aromatic rings. The number of carbonyl (C=O) groups excluding carboxylic acids is 1. The second-order valence-corrected chi connectivity index (χ2v) is 10.6. The number of para-hydroxylation sites is 1. The van der Waals surface area contributed by atoms with Gasteiger partial charge in [-0.05, 0) is 48.5 Å². The van der Waals surface area contributed by atoms with Crippen LogP contribution in [0.15, 0.2) is 132 Å². The Hall–Kier alpha value is -3.39. The summed E-state index contributed by atoms with van der Waals surface area (Å²) in [6.45, 7) is 0. The molecule has 0 aliphatic heterocycles. The minimum Gasteiger partial charge on any atom is -0.410 e. The highest BCUT2D eigenvalue weighted by Crippen LogP contribution is 2.61. The van der Waals surface area contributed by atoms with Crippen molar-refractivity contribution in [3.05, 3.63) is 132 Å². The van der Waals surface area contributed by atoms with Gasteiger partial charge in [-0.15, -0.1) is 0 Å². The fraction of sp³-hybridized carbons (Fsp3) is 0. The highest BCUT2D eigenvalue weighted by atomic mass is 35.5. The zero-order valence-electron chi connectivity index (χ0n) is 17.3. The summed E-state index contributed by atoms with van der Waals surface area (Å²) in [6.07, 6.45) is -0.588. The Kier molecular flexibility index (Phi) is 7.01. The largest absolute Gasteiger partial charge is 0.419 e. The summed E-state index contributed by atoms with van der Waals surface area (Å²) in [5.41, 5.74) is 2.07. The molecule has 1 N–H and O–H groups in total. The summed E-state index contributed by atoms with van der Waals surface area (Å²) >= 11 is 6.44. The quantitative estimate of drug-likeness (QED) is 0.370. The molecular formula is C27H22ClNO2P+. The van der Waals surface area contributed by atoms with Crippen molar-refractivity contribution in [1.82, 2.24) is 5.32 Å². The average Bonchev–Trinajstić information content (AvgIpc) is 2.86. The van der Waals surface area contributed by atoms with Gasteiger partial charge in [-0.25, -0.2) is 4.79 Å². The van der Waals surface area contributed by atoms with Crippen molar-refractivity contribution in [2.75, 3.05) is 0 Å². The van der Waals surface area contributed by atoms with E-state index in [1.807, 2.05) is 72.8 Å². The third-order valence-corrected chi connectivity index (χ3v) is 9.63. The van der Waals surface area contributed by atoms with Crippen LogP contribution < -0.4 is 26.0 Å². The van der Waals surface area contributed by atoms with E-state index >= 15 is 0 Å². The first kappa shape index (κ1) is 21.8. The lowest BCUT2D eigenvalue weighted by Gasteiger charge is -2.28. The third kappa shape index (κ3) is 4.45. The summed E-state index contributed by atoms with van der Waals surface area (Å²) in [5.74, 6) is 0.460. The Morgan fingerprint density at radius 2 is 1.03 bits per heavy atom. The molecule has 32 heavy (non-hydrogen) atoms. The maximum Gasteiger partial charge on any atom is 0.419 e. The Balaban J connectivity index is 1.87. The minimum atomic E-state index is -2.50. The highest BCUT2D eigenvalue weighted by Gasteiger charge is 2.50. The number of ether oxygens (including phenoxy) is 1. The molecule has 3 nitrogen and oxygen atoms in total. The van der Waals surface area contributed by atoms with E-state index in [9.17, 15) is 4.79 Å². The van der Waals surface area contributed by atoms with Crippen LogP contribution in [0.2, 0.25) is 0 Å². The normalized spacial score (nSPS) is 11.6. The number of halogens is 1. The molecule has 1 amide bonds. The van der Waals surface area contributed by atoms with E-state index in [1.165, 1.54) is 5.54 Å². The predicted octanol–water partition coefficient (Wildman–Crippen LogP) is 5.81. The predicted molar refractivity (Wildman–Crippen MR) is 135 cm³/mol. The molecule has 0 aliphatic carbocycles. The van der Waals surface area contributed by atoms with E-state index in [1.54, 1.807) is 12.1 Å². The van der Waals surface area contributed by atoms with Gasteiger partial charge in [0.05, 0.1) is 5.54 Å². The zero-order chi connectivity index (χ0) is 22.2. The molecule has 0 saturated carbocycles. The summed E-state index contributed by atoms with van der Waals surface area (Å²) in [7, 11) is -2.50. The van der Waals surface area contributed by atoms with Crippen LogP contribution in [0.3, 0.4) is 0 Å². The first-order chi connectivity index (χ1) is 15.7. The van der Waals surface area contributed by atoms with Gasteiger partial charge >= 0.3 is 6.09 Å². The number of rotatable bonds is 6. The molecule has 5 heteroatoms. The van der Waals surface area contributed by atoms with Gasteiger partial charge in [-0.1, -0.05) is 84.4 Å². The molecule has 0 saturated heterocycles. The number of hydrogen-bond donors (Lipinski definition) is 1. The van der Waals surface area contributed by atoms with Gasteiger partial charge in [0.25, 0.3) is 0 Å². The highest BCUT2D eigenvalue weighted by molar-refractivity contribution is 7.99. The molecule has 158 valence electrons. The van der Waals surface area contributed by atoms with Gasteiger partial charge in [-0.2, -0.15) is 0 Å². The lowest BCUT2D eigenvalue weighted by Crippen LogP contribution is -2.39. The zero-order valence-corrected chi connectivity index (χ0v) is 18.9. The average molecular weight is 459 g/mol. The second-order valence-electron chi connectivity index (χ2n) is 7.00. The molecule has 0 fully saturated rings. The first-order valence-electron chi connectivity index (χ1n) is 10.2. The van der Waals surface area contributed by atoms with Crippen LogP contribution in [-0.2, 0) is 0 Å². The van der Waals surface area contributed by atoms with E-state index in [0.717, 1.165) is 15.9 Å². The van der Waals surface area contributed by atoms with Crippen molar-refractivity contribution < 1.29 is 9.53 Å². The topological polar surface area (TPSA) is 38.3 Å².